The maximum Gasteiger partial charge on any atom is 0.0820 e. The first-order valence-electron chi connectivity index (χ1n) is 4.50. The van der Waals surface area contributed by atoms with Crippen molar-refractivity contribution in [2.24, 2.45) is 5.92 Å². The highest BCUT2D eigenvalue weighted by Crippen LogP contribution is 2.51. The van der Waals surface area contributed by atoms with Crippen molar-refractivity contribution in [3.05, 3.63) is 0 Å². The fourth-order valence-corrected chi connectivity index (χ4v) is 2.27. The van der Waals surface area contributed by atoms with Crippen LogP contribution < -0.4 is 0 Å². The van der Waals surface area contributed by atoms with E-state index in [1.165, 1.54) is 32.1 Å². The van der Waals surface area contributed by atoms with E-state index in [9.17, 15) is 0 Å². The Morgan fingerprint density at radius 3 is 3.00 bits per heavy atom. The fourth-order valence-electron chi connectivity index (χ4n) is 2.27. The number of nitrogens with zero attached hydrogens (tertiary/aromatic N) is 1. The maximum atomic E-state index is 9.04. The van der Waals surface area contributed by atoms with E-state index in [1.807, 2.05) is 0 Å². The van der Waals surface area contributed by atoms with Crippen molar-refractivity contribution in [2.45, 2.75) is 43.1 Å². The van der Waals surface area contributed by atoms with Crippen LogP contribution in [0.15, 0.2) is 0 Å². The van der Waals surface area contributed by atoms with Crippen molar-refractivity contribution in [3.63, 3.8) is 0 Å². The summed E-state index contributed by atoms with van der Waals surface area (Å²) in [5, 5.41) is 9.55. The lowest BCUT2D eigenvalue weighted by atomic mass is 9.27. The maximum absolute atomic E-state index is 9.04. The van der Waals surface area contributed by atoms with Crippen molar-refractivity contribution < 1.29 is 0 Å². The molecule has 2 fully saturated rings. The molecule has 3 unspecified atom stereocenters. The van der Waals surface area contributed by atoms with Crippen molar-refractivity contribution in [2.75, 3.05) is 0 Å². The second-order valence-electron chi connectivity index (χ2n) is 3.65. The van der Waals surface area contributed by atoms with Gasteiger partial charge in [-0.1, -0.05) is 31.5 Å². The zero-order chi connectivity index (χ0) is 8.60. The van der Waals surface area contributed by atoms with Gasteiger partial charge in [-0.2, -0.15) is 10.5 Å². The van der Waals surface area contributed by atoms with E-state index in [0.717, 1.165) is 5.82 Å². The van der Waals surface area contributed by atoms with Crippen LogP contribution in [0, 0.1) is 17.2 Å². The summed E-state index contributed by atoms with van der Waals surface area (Å²) in [6.45, 7) is 0. The van der Waals surface area contributed by atoms with Crippen molar-refractivity contribution >= 4 is 15.1 Å². The van der Waals surface area contributed by atoms with Gasteiger partial charge in [-0.15, -0.1) is 0 Å². The Morgan fingerprint density at radius 1 is 1.42 bits per heavy atom. The first kappa shape index (κ1) is 8.23. The molecule has 2 saturated heterocycles. The second-order valence-corrected chi connectivity index (χ2v) is 3.65. The van der Waals surface area contributed by atoms with Gasteiger partial charge in [0.05, 0.1) is 13.3 Å². The minimum atomic E-state index is 0.317. The third kappa shape index (κ3) is 1.18. The Labute approximate surface area is 76.2 Å². The van der Waals surface area contributed by atoms with Crippen molar-refractivity contribution in [1.82, 2.24) is 0 Å². The summed E-state index contributed by atoms with van der Waals surface area (Å²) in [6, 6.07) is 2.53. The van der Waals surface area contributed by atoms with Gasteiger partial charge in [0.2, 0.25) is 0 Å². The van der Waals surface area contributed by atoms with Gasteiger partial charge in [-0.3, -0.25) is 0 Å². The Hall–Kier alpha value is -0.380. The fraction of sp³-hybridized carbons (Fsp3) is 0.889. The predicted octanol–water partition coefficient (Wildman–Crippen LogP) is 1.08. The van der Waals surface area contributed by atoms with Gasteiger partial charge < -0.3 is 0 Å². The number of fused-ring (bicyclic) bond motifs is 2. The summed E-state index contributed by atoms with van der Waals surface area (Å²) >= 11 is 0. The molecule has 1 radical (unpaired) electrons. The summed E-state index contributed by atoms with van der Waals surface area (Å²) in [4.78, 5) is 0. The molecule has 63 valence electrons. The lowest BCUT2D eigenvalue weighted by Gasteiger charge is -2.49. The van der Waals surface area contributed by atoms with Crippen LogP contribution in [0.5, 0.6) is 0 Å². The predicted molar refractivity (Wildman–Crippen MR) is 54.3 cm³/mol. The summed E-state index contributed by atoms with van der Waals surface area (Å²) < 4.78 is 0. The Bertz CT molecular complexity index is 223. The molecule has 12 heavy (non-hydrogen) atoms. The molecular weight excluding hydrogens is 144 g/mol. The lowest BCUT2D eigenvalue weighted by Crippen LogP contribution is -2.39. The van der Waals surface area contributed by atoms with Crippen molar-refractivity contribution in [3.8, 4) is 6.07 Å². The average Bonchev–Trinajstić information content (AvgIpc) is 2.04. The molecule has 2 aliphatic rings. The third-order valence-corrected chi connectivity index (χ3v) is 2.92. The number of hydrogen-bond donors (Lipinski definition) is 0. The Kier molecular flexibility index (Phi) is 1.94. The number of nitriles is 1. The summed E-state index contributed by atoms with van der Waals surface area (Å²) in [7, 11) is 2.89. The second kappa shape index (κ2) is 2.83. The van der Waals surface area contributed by atoms with E-state index in [1.54, 1.807) is 0 Å². The quantitative estimate of drug-likeness (QED) is 0.485. The first-order valence-corrected chi connectivity index (χ1v) is 4.50. The van der Waals surface area contributed by atoms with E-state index in [2.05, 4.69) is 13.3 Å². The van der Waals surface area contributed by atoms with E-state index >= 15 is 0 Å². The van der Waals surface area contributed by atoms with Gasteiger partial charge in [-0.05, 0) is 14.3 Å². The van der Waals surface area contributed by atoms with Gasteiger partial charge in [-0.25, -0.2) is 0 Å². The Morgan fingerprint density at radius 2 is 2.25 bits per heavy atom. The minimum absolute atomic E-state index is 0.317. The SMILES string of the molecule is [BH3-]C12[B]C(CCC1)CCC2C#N. The average molecular weight is 159 g/mol. The summed E-state index contributed by atoms with van der Waals surface area (Å²) in [5.74, 6) is 1.30. The molecule has 0 N–H and O–H groups in total. The monoisotopic (exact) mass is 159 g/mol. The molecule has 3 atom stereocenters. The van der Waals surface area contributed by atoms with Crippen LogP contribution in [0.4, 0.5) is 0 Å². The first-order chi connectivity index (χ1) is 5.74. The van der Waals surface area contributed by atoms with E-state index in [0.29, 0.717) is 19.0 Å². The van der Waals surface area contributed by atoms with Gasteiger partial charge in [0.15, 0.2) is 0 Å². The molecule has 3 heteroatoms. The molecule has 0 aromatic rings. The van der Waals surface area contributed by atoms with E-state index < -0.39 is 0 Å². The molecule has 0 aliphatic carbocycles. The third-order valence-electron chi connectivity index (χ3n) is 2.92. The van der Waals surface area contributed by atoms with Crippen LogP contribution in [0.3, 0.4) is 0 Å². The minimum Gasteiger partial charge on any atom is -0.198 e. The smallest absolute Gasteiger partial charge is 0.0820 e. The summed E-state index contributed by atoms with van der Waals surface area (Å²) in [6.07, 6.45) is 6.64. The zero-order valence-corrected chi connectivity index (χ0v) is 6.71. The van der Waals surface area contributed by atoms with Crippen LogP contribution in [0.1, 0.15) is 32.1 Å². The Balaban J connectivity index is 2.17. The molecule has 0 spiro atoms. The number of rotatable bonds is 0. The van der Waals surface area contributed by atoms with Gasteiger partial charge >= 0.3 is 0 Å². The van der Waals surface area contributed by atoms with E-state index in [4.69, 9.17) is 5.26 Å². The largest absolute Gasteiger partial charge is 0.198 e. The molecule has 2 heterocycles. The molecule has 0 saturated carbocycles. The molecule has 2 aliphatic heterocycles. The molecule has 0 amide bonds. The highest BCUT2D eigenvalue weighted by atomic mass is 14.4. The van der Waals surface area contributed by atoms with Crippen LogP contribution in [-0.4, -0.2) is 15.1 Å². The standard InChI is InChI=1S/C9H15B2N/c10-9-5-1-2-8(11-9)4-3-7(9)6-12/h7-8H,1-5H2,10H3/q-1. The zero-order valence-electron chi connectivity index (χ0n) is 6.71. The molecule has 0 aromatic carbocycles. The van der Waals surface area contributed by atoms with Gasteiger partial charge in [0.25, 0.3) is 0 Å². The number of hydrogen-bond acceptors (Lipinski definition) is 1. The van der Waals surface area contributed by atoms with Crippen LogP contribution >= 0.6 is 0 Å². The molecule has 2 rings (SSSR count). The molecular formula is C9H15B2N-. The van der Waals surface area contributed by atoms with Crippen LogP contribution in [0.2, 0.25) is 11.0 Å². The molecule has 0 aromatic heterocycles. The molecule has 1 nitrogen and oxygen atoms in total. The van der Waals surface area contributed by atoms with Gasteiger partial charge in [0.1, 0.15) is 0 Å². The van der Waals surface area contributed by atoms with Crippen LogP contribution in [0.25, 0.3) is 0 Å². The van der Waals surface area contributed by atoms with Crippen molar-refractivity contribution in [1.29, 1.82) is 5.26 Å². The highest BCUT2D eigenvalue weighted by Gasteiger charge is 2.38. The topological polar surface area (TPSA) is 23.8 Å². The van der Waals surface area contributed by atoms with E-state index in [-0.39, 0.29) is 0 Å². The normalized spacial score (nSPS) is 46.0. The van der Waals surface area contributed by atoms with Crippen LogP contribution in [-0.2, 0) is 0 Å². The van der Waals surface area contributed by atoms with Gasteiger partial charge in [0, 0.05) is 5.92 Å². The lowest BCUT2D eigenvalue weighted by molar-refractivity contribution is 0.367. The highest BCUT2D eigenvalue weighted by molar-refractivity contribution is 6.55. The molecule has 2 bridgehead atoms. The summed E-state index contributed by atoms with van der Waals surface area (Å²) in [5.41, 5.74) is 0.